The van der Waals surface area contributed by atoms with E-state index in [0.717, 1.165) is 49.2 Å². The van der Waals surface area contributed by atoms with Gasteiger partial charge in [-0.15, -0.1) is 0 Å². The molecular formula is C17H21N3O. The highest BCUT2D eigenvalue weighted by atomic mass is 16.1. The molecule has 1 aromatic heterocycles. The van der Waals surface area contributed by atoms with Crippen LogP contribution in [0.25, 0.3) is 11.3 Å². The Kier molecular flexibility index (Phi) is 4.15. The van der Waals surface area contributed by atoms with Crippen LogP contribution in [0.1, 0.15) is 24.5 Å². The topological polar surface area (TPSA) is 46.9 Å². The molecule has 0 aliphatic heterocycles. The van der Waals surface area contributed by atoms with Crippen molar-refractivity contribution in [2.75, 3.05) is 13.1 Å². The first-order valence-corrected chi connectivity index (χ1v) is 7.68. The van der Waals surface area contributed by atoms with Gasteiger partial charge in [0.25, 0.3) is 5.56 Å². The molecule has 0 atom stereocenters. The van der Waals surface area contributed by atoms with Crippen molar-refractivity contribution in [1.82, 2.24) is 14.9 Å². The zero-order chi connectivity index (χ0) is 14.7. The van der Waals surface area contributed by atoms with Gasteiger partial charge in [-0.2, -0.15) is 0 Å². The lowest BCUT2D eigenvalue weighted by Gasteiger charge is -2.19. The Bertz CT molecular complexity index is 691. The van der Waals surface area contributed by atoms with Gasteiger partial charge in [-0.3, -0.25) is 9.36 Å². The molecule has 0 fully saturated rings. The Morgan fingerprint density at radius 2 is 2.10 bits per heavy atom. The van der Waals surface area contributed by atoms with E-state index in [2.05, 4.69) is 29.4 Å². The Morgan fingerprint density at radius 1 is 1.24 bits per heavy atom. The minimum atomic E-state index is 0.118. The number of aromatic nitrogens is 2. The van der Waals surface area contributed by atoms with Crippen LogP contribution in [-0.4, -0.2) is 22.6 Å². The minimum absolute atomic E-state index is 0.118. The summed E-state index contributed by atoms with van der Waals surface area (Å²) in [7, 11) is 0. The van der Waals surface area contributed by atoms with Crippen LogP contribution in [0.3, 0.4) is 0 Å². The van der Waals surface area contributed by atoms with E-state index in [-0.39, 0.29) is 5.56 Å². The molecule has 0 saturated heterocycles. The molecule has 1 heterocycles. The highest BCUT2D eigenvalue weighted by Crippen LogP contribution is 2.29. The van der Waals surface area contributed by atoms with E-state index in [9.17, 15) is 4.79 Å². The predicted octanol–water partition coefficient (Wildman–Crippen LogP) is 2.01. The van der Waals surface area contributed by atoms with Crippen LogP contribution in [0.5, 0.6) is 0 Å². The fourth-order valence-corrected chi connectivity index (χ4v) is 2.88. The lowest BCUT2D eigenvalue weighted by molar-refractivity contribution is 0.571. The molecule has 0 saturated carbocycles. The van der Waals surface area contributed by atoms with E-state index in [1.54, 1.807) is 10.9 Å². The maximum atomic E-state index is 12.6. The average Bonchev–Trinajstić information content (AvgIpc) is 2.53. The Labute approximate surface area is 124 Å². The molecule has 3 rings (SSSR count). The van der Waals surface area contributed by atoms with Crippen molar-refractivity contribution in [3.05, 3.63) is 52.1 Å². The molecule has 1 N–H and O–H groups in total. The molecule has 0 radical (unpaired) electrons. The SMILES string of the molecule is CCCNCCn1cnc2c(c1=O)CCc1ccccc1-2. The van der Waals surface area contributed by atoms with Crippen molar-refractivity contribution in [2.45, 2.75) is 32.7 Å². The molecule has 110 valence electrons. The van der Waals surface area contributed by atoms with E-state index in [4.69, 9.17) is 0 Å². The van der Waals surface area contributed by atoms with Gasteiger partial charge in [-0.05, 0) is 31.4 Å². The lowest BCUT2D eigenvalue weighted by Crippen LogP contribution is -2.31. The summed E-state index contributed by atoms with van der Waals surface area (Å²) in [6.07, 6.45) is 4.52. The van der Waals surface area contributed by atoms with Crippen molar-refractivity contribution in [3.8, 4) is 11.3 Å². The zero-order valence-corrected chi connectivity index (χ0v) is 12.4. The second kappa shape index (κ2) is 6.22. The van der Waals surface area contributed by atoms with Crippen LogP contribution in [0.4, 0.5) is 0 Å². The highest BCUT2D eigenvalue weighted by molar-refractivity contribution is 5.68. The predicted molar refractivity (Wildman–Crippen MR) is 84.5 cm³/mol. The molecule has 4 nitrogen and oxygen atoms in total. The van der Waals surface area contributed by atoms with Crippen LogP contribution < -0.4 is 10.9 Å². The van der Waals surface area contributed by atoms with Crippen molar-refractivity contribution in [3.63, 3.8) is 0 Å². The van der Waals surface area contributed by atoms with Gasteiger partial charge in [0.1, 0.15) is 0 Å². The minimum Gasteiger partial charge on any atom is -0.315 e. The van der Waals surface area contributed by atoms with Crippen molar-refractivity contribution in [1.29, 1.82) is 0 Å². The van der Waals surface area contributed by atoms with E-state index >= 15 is 0 Å². The Morgan fingerprint density at radius 3 is 2.95 bits per heavy atom. The van der Waals surface area contributed by atoms with Gasteiger partial charge in [0.2, 0.25) is 0 Å². The fourth-order valence-electron chi connectivity index (χ4n) is 2.88. The molecule has 0 amide bonds. The Balaban J connectivity index is 1.88. The third-order valence-electron chi connectivity index (χ3n) is 4.00. The zero-order valence-electron chi connectivity index (χ0n) is 12.4. The molecule has 2 aromatic rings. The maximum absolute atomic E-state index is 12.6. The summed E-state index contributed by atoms with van der Waals surface area (Å²) in [5.41, 5.74) is 4.27. The van der Waals surface area contributed by atoms with Gasteiger partial charge in [0.15, 0.2) is 0 Å². The fraction of sp³-hybridized carbons (Fsp3) is 0.412. The normalized spacial score (nSPS) is 12.8. The van der Waals surface area contributed by atoms with Gasteiger partial charge in [-0.25, -0.2) is 4.98 Å². The largest absolute Gasteiger partial charge is 0.315 e. The summed E-state index contributed by atoms with van der Waals surface area (Å²) in [5.74, 6) is 0. The van der Waals surface area contributed by atoms with Crippen LogP contribution >= 0.6 is 0 Å². The first kappa shape index (κ1) is 14.0. The molecule has 1 aliphatic carbocycles. The van der Waals surface area contributed by atoms with Crippen LogP contribution in [0.2, 0.25) is 0 Å². The summed E-state index contributed by atoms with van der Waals surface area (Å²) < 4.78 is 1.73. The molecule has 0 spiro atoms. The summed E-state index contributed by atoms with van der Waals surface area (Å²) in [6.45, 7) is 4.61. The molecule has 21 heavy (non-hydrogen) atoms. The number of benzene rings is 1. The smallest absolute Gasteiger partial charge is 0.257 e. The van der Waals surface area contributed by atoms with Crippen LogP contribution in [-0.2, 0) is 19.4 Å². The van der Waals surface area contributed by atoms with E-state index < -0.39 is 0 Å². The van der Waals surface area contributed by atoms with Crippen LogP contribution in [0.15, 0.2) is 35.4 Å². The summed E-state index contributed by atoms with van der Waals surface area (Å²) in [6, 6.07) is 8.24. The van der Waals surface area contributed by atoms with Gasteiger partial charge in [0, 0.05) is 24.2 Å². The third kappa shape index (κ3) is 2.76. The number of nitrogens with one attached hydrogen (secondary N) is 1. The number of hydrogen-bond donors (Lipinski definition) is 1. The van der Waals surface area contributed by atoms with Gasteiger partial charge >= 0.3 is 0 Å². The maximum Gasteiger partial charge on any atom is 0.257 e. The second-order valence-electron chi connectivity index (χ2n) is 5.48. The van der Waals surface area contributed by atoms with E-state index in [0.29, 0.717) is 6.54 Å². The Hall–Kier alpha value is -1.94. The molecule has 0 unspecified atom stereocenters. The number of nitrogens with zero attached hydrogens (tertiary/aromatic N) is 2. The van der Waals surface area contributed by atoms with E-state index in [1.165, 1.54) is 5.56 Å². The first-order valence-electron chi connectivity index (χ1n) is 7.68. The summed E-state index contributed by atoms with van der Waals surface area (Å²) in [5, 5.41) is 3.32. The molecular weight excluding hydrogens is 262 g/mol. The van der Waals surface area contributed by atoms with Crippen molar-refractivity contribution >= 4 is 0 Å². The van der Waals surface area contributed by atoms with Crippen LogP contribution in [0, 0.1) is 0 Å². The van der Waals surface area contributed by atoms with E-state index in [1.807, 2.05) is 12.1 Å². The lowest BCUT2D eigenvalue weighted by atomic mass is 9.90. The third-order valence-corrected chi connectivity index (χ3v) is 4.00. The van der Waals surface area contributed by atoms with Gasteiger partial charge in [-0.1, -0.05) is 31.2 Å². The highest BCUT2D eigenvalue weighted by Gasteiger charge is 2.20. The number of fused-ring (bicyclic) bond motifs is 3. The second-order valence-corrected chi connectivity index (χ2v) is 5.48. The van der Waals surface area contributed by atoms with Crippen molar-refractivity contribution in [2.24, 2.45) is 0 Å². The molecule has 4 heteroatoms. The number of rotatable bonds is 5. The molecule has 1 aromatic carbocycles. The quantitative estimate of drug-likeness (QED) is 0.854. The number of aryl methyl sites for hydroxylation is 1. The molecule has 1 aliphatic rings. The summed E-state index contributed by atoms with van der Waals surface area (Å²) >= 11 is 0. The summed E-state index contributed by atoms with van der Waals surface area (Å²) in [4.78, 5) is 17.1. The monoisotopic (exact) mass is 283 g/mol. The van der Waals surface area contributed by atoms with Gasteiger partial charge < -0.3 is 5.32 Å². The first-order chi connectivity index (χ1) is 10.3. The van der Waals surface area contributed by atoms with Crippen molar-refractivity contribution < 1.29 is 0 Å². The average molecular weight is 283 g/mol. The number of hydrogen-bond acceptors (Lipinski definition) is 3. The van der Waals surface area contributed by atoms with Gasteiger partial charge in [0.05, 0.1) is 12.0 Å². The molecule has 0 bridgehead atoms. The standard InChI is InChI=1S/C17H21N3O/c1-2-9-18-10-11-20-12-19-16-14-6-4-3-5-13(14)7-8-15(16)17(20)21/h3-6,12,18H,2,7-11H2,1H3.